The lowest BCUT2D eigenvalue weighted by Gasteiger charge is -2.05. The van der Waals surface area contributed by atoms with Crippen molar-refractivity contribution in [3.63, 3.8) is 0 Å². The summed E-state index contributed by atoms with van der Waals surface area (Å²) in [7, 11) is 0. The Morgan fingerprint density at radius 3 is 2.45 bits per heavy atom. The number of rotatable bonds is 4. The van der Waals surface area contributed by atoms with E-state index in [1.165, 1.54) is 6.92 Å². The van der Waals surface area contributed by atoms with Gasteiger partial charge in [-0.2, -0.15) is 0 Å². The third-order valence-electron chi connectivity index (χ3n) is 1.27. The molecule has 1 N–H and O–H groups in total. The number of hydrogen-bond acceptors (Lipinski definition) is 3. The number of carbonyl (C=O) groups excluding carboxylic acids is 1. The van der Waals surface area contributed by atoms with Crippen LogP contribution < -0.4 is 0 Å². The maximum absolute atomic E-state index is 10.5. The lowest BCUT2D eigenvalue weighted by molar-refractivity contribution is -0.210. The van der Waals surface area contributed by atoms with Gasteiger partial charge in [-0.1, -0.05) is 13.8 Å². The molecule has 0 spiro atoms. The van der Waals surface area contributed by atoms with E-state index in [9.17, 15) is 4.79 Å². The molecule has 3 nitrogen and oxygen atoms in total. The van der Waals surface area contributed by atoms with Crippen LogP contribution >= 0.6 is 0 Å². The van der Waals surface area contributed by atoms with Crippen molar-refractivity contribution in [3.8, 4) is 0 Å². The molecule has 0 radical (unpaired) electrons. The summed E-state index contributed by atoms with van der Waals surface area (Å²) >= 11 is 0. The highest BCUT2D eigenvalue weighted by Crippen LogP contribution is 2.10. The van der Waals surface area contributed by atoms with Gasteiger partial charge in [-0.25, -0.2) is 5.26 Å². The first-order valence-corrected chi connectivity index (χ1v) is 3.58. The molecule has 0 saturated heterocycles. The van der Waals surface area contributed by atoms with E-state index in [2.05, 4.69) is 4.89 Å². The third-order valence-corrected chi connectivity index (χ3v) is 1.27. The molecular weight excluding hydrogens is 144 g/mol. The Kier molecular flexibility index (Phi) is 4.54. The quantitative estimate of drug-likeness (QED) is 0.386. The van der Waals surface area contributed by atoms with Crippen molar-refractivity contribution < 1.29 is 14.9 Å². The van der Waals surface area contributed by atoms with Crippen molar-refractivity contribution in [2.24, 2.45) is 5.92 Å². The molecule has 3 heteroatoms. The first-order chi connectivity index (χ1) is 5.07. The average molecular weight is 158 g/mol. The van der Waals surface area contributed by atoms with Crippen LogP contribution in [0.3, 0.4) is 0 Å². The summed E-state index contributed by atoms with van der Waals surface area (Å²) in [4.78, 5) is 14.6. The molecule has 0 aromatic heterocycles. The summed E-state index contributed by atoms with van der Waals surface area (Å²) in [5, 5.41) is 8.33. The van der Waals surface area contributed by atoms with Crippen LogP contribution in [0.1, 0.15) is 27.2 Å². The fourth-order valence-corrected chi connectivity index (χ4v) is 0.623. The molecule has 0 heterocycles. The number of hydrogen-bond donors (Lipinski definition) is 1. The van der Waals surface area contributed by atoms with Crippen LogP contribution in [0.25, 0.3) is 0 Å². The molecule has 64 valence electrons. The monoisotopic (exact) mass is 158 g/mol. The standard InChI is InChI=1S/C8H14O3/c1-6(2)8(11-10)5-4-7(3)9/h5-6,10H,4H2,1-3H3/b8-5-. The Morgan fingerprint density at radius 1 is 1.64 bits per heavy atom. The normalized spacial score (nSPS) is 11.9. The average Bonchev–Trinajstić information content (AvgIpc) is 1.87. The minimum Gasteiger partial charge on any atom is -0.345 e. The zero-order valence-corrected chi connectivity index (χ0v) is 7.13. The molecule has 0 unspecified atom stereocenters. The fraction of sp³-hybridized carbons (Fsp3) is 0.625. The minimum absolute atomic E-state index is 0.0557. The Morgan fingerprint density at radius 2 is 2.18 bits per heavy atom. The van der Waals surface area contributed by atoms with Crippen molar-refractivity contribution in [3.05, 3.63) is 11.8 Å². The molecule has 0 aromatic carbocycles. The maximum Gasteiger partial charge on any atom is 0.141 e. The molecule has 0 atom stereocenters. The summed E-state index contributed by atoms with van der Waals surface area (Å²) in [5.74, 6) is 0.611. The molecule has 0 amide bonds. The van der Waals surface area contributed by atoms with Crippen LogP contribution in [0, 0.1) is 5.92 Å². The molecule has 0 aliphatic rings. The predicted octanol–water partition coefficient (Wildman–Crippen LogP) is 1.99. The van der Waals surface area contributed by atoms with E-state index in [0.29, 0.717) is 12.2 Å². The summed E-state index contributed by atoms with van der Waals surface area (Å²) in [5.41, 5.74) is 0. The van der Waals surface area contributed by atoms with Gasteiger partial charge in [-0.05, 0) is 13.0 Å². The topological polar surface area (TPSA) is 46.5 Å². The van der Waals surface area contributed by atoms with Gasteiger partial charge in [-0.15, -0.1) is 0 Å². The van der Waals surface area contributed by atoms with Gasteiger partial charge >= 0.3 is 0 Å². The van der Waals surface area contributed by atoms with Crippen LogP contribution in [0.5, 0.6) is 0 Å². The van der Waals surface area contributed by atoms with E-state index in [1.807, 2.05) is 13.8 Å². The molecule has 0 rings (SSSR count). The molecular formula is C8H14O3. The van der Waals surface area contributed by atoms with Crippen LogP contribution in [-0.4, -0.2) is 11.0 Å². The fourth-order valence-electron chi connectivity index (χ4n) is 0.623. The Hall–Kier alpha value is -0.830. The molecule has 0 aromatic rings. The van der Waals surface area contributed by atoms with Gasteiger partial charge in [0.05, 0.1) is 0 Å². The van der Waals surface area contributed by atoms with E-state index in [-0.39, 0.29) is 11.7 Å². The summed E-state index contributed by atoms with van der Waals surface area (Å²) in [6.45, 7) is 5.25. The first kappa shape index (κ1) is 10.2. The summed E-state index contributed by atoms with van der Waals surface area (Å²) in [6, 6.07) is 0. The van der Waals surface area contributed by atoms with Crippen molar-refractivity contribution in [2.75, 3.05) is 0 Å². The zero-order chi connectivity index (χ0) is 8.85. The number of Topliss-reactive ketones (excluding diaryl/α,β-unsaturated/α-hetero) is 1. The van der Waals surface area contributed by atoms with Gasteiger partial charge in [0.25, 0.3) is 0 Å². The predicted molar refractivity (Wildman–Crippen MR) is 41.9 cm³/mol. The van der Waals surface area contributed by atoms with E-state index in [0.717, 1.165) is 0 Å². The molecule has 0 bridgehead atoms. The summed E-state index contributed by atoms with van der Waals surface area (Å²) < 4.78 is 0. The van der Waals surface area contributed by atoms with Crippen LogP contribution in [0.2, 0.25) is 0 Å². The largest absolute Gasteiger partial charge is 0.345 e. The minimum atomic E-state index is 0.0557. The third kappa shape index (κ3) is 4.56. The number of carbonyl (C=O) groups is 1. The van der Waals surface area contributed by atoms with Gasteiger partial charge < -0.3 is 4.89 Å². The van der Waals surface area contributed by atoms with E-state index in [4.69, 9.17) is 5.26 Å². The Balaban J connectivity index is 4.01. The molecule has 0 saturated carbocycles. The molecule has 0 aliphatic heterocycles. The second kappa shape index (κ2) is 4.91. The number of ketones is 1. The van der Waals surface area contributed by atoms with Crippen molar-refractivity contribution >= 4 is 5.78 Å². The molecule has 0 fully saturated rings. The number of allylic oxidation sites excluding steroid dienone is 2. The highest BCUT2D eigenvalue weighted by molar-refractivity contribution is 5.77. The van der Waals surface area contributed by atoms with E-state index in [1.54, 1.807) is 6.08 Å². The first-order valence-electron chi connectivity index (χ1n) is 3.58. The second-order valence-electron chi connectivity index (χ2n) is 2.76. The smallest absolute Gasteiger partial charge is 0.141 e. The van der Waals surface area contributed by atoms with Gasteiger partial charge in [0, 0.05) is 12.3 Å². The van der Waals surface area contributed by atoms with Crippen molar-refractivity contribution in [1.82, 2.24) is 0 Å². The highest BCUT2D eigenvalue weighted by atomic mass is 17.1. The Bertz CT molecular complexity index is 159. The molecule has 11 heavy (non-hydrogen) atoms. The highest BCUT2D eigenvalue weighted by Gasteiger charge is 2.03. The Labute approximate surface area is 66.6 Å². The zero-order valence-electron chi connectivity index (χ0n) is 7.13. The van der Waals surface area contributed by atoms with Gasteiger partial charge in [0.2, 0.25) is 0 Å². The van der Waals surface area contributed by atoms with E-state index >= 15 is 0 Å². The second-order valence-corrected chi connectivity index (χ2v) is 2.76. The van der Waals surface area contributed by atoms with Gasteiger partial charge in [0.15, 0.2) is 0 Å². The SMILES string of the molecule is CC(=O)C/C=C(\OO)C(C)C. The van der Waals surface area contributed by atoms with Crippen molar-refractivity contribution in [2.45, 2.75) is 27.2 Å². The van der Waals surface area contributed by atoms with Gasteiger partial charge in [-0.3, -0.25) is 4.79 Å². The lowest BCUT2D eigenvalue weighted by atomic mass is 10.1. The van der Waals surface area contributed by atoms with Crippen LogP contribution in [0.4, 0.5) is 0 Å². The molecule has 0 aliphatic carbocycles. The lowest BCUT2D eigenvalue weighted by Crippen LogP contribution is -1.98. The van der Waals surface area contributed by atoms with Gasteiger partial charge in [0.1, 0.15) is 11.5 Å². The summed E-state index contributed by atoms with van der Waals surface area (Å²) in [6.07, 6.45) is 1.90. The van der Waals surface area contributed by atoms with Crippen LogP contribution in [0.15, 0.2) is 11.8 Å². The maximum atomic E-state index is 10.5. The van der Waals surface area contributed by atoms with E-state index < -0.39 is 0 Å². The van der Waals surface area contributed by atoms with Crippen molar-refractivity contribution in [1.29, 1.82) is 0 Å². The van der Waals surface area contributed by atoms with Crippen LogP contribution in [-0.2, 0) is 9.68 Å².